The van der Waals surface area contributed by atoms with Gasteiger partial charge in [0, 0.05) is 38.3 Å². The van der Waals surface area contributed by atoms with E-state index < -0.39 is 0 Å². The third-order valence-electron chi connectivity index (χ3n) is 4.26. The summed E-state index contributed by atoms with van der Waals surface area (Å²) in [5.41, 5.74) is -0.104. The standard InChI is InChI=1S/C16H32N4/c1-6-8-18-16(5,14-17)7-9-19-10-12-20(13-11-19)15(2,3)4/h18H,6-13H2,1-5H3. The molecule has 1 aliphatic rings. The Labute approximate surface area is 125 Å². The first-order chi connectivity index (χ1) is 9.30. The molecule has 20 heavy (non-hydrogen) atoms. The largest absolute Gasteiger partial charge is 0.301 e. The number of nitrogens with one attached hydrogen (secondary N) is 1. The van der Waals surface area contributed by atoms with E-state index in [1.807, 2.05) is 6.92 Å². The van der Waals surface area contributed by atoms with Crippen molar-refractivity contribution >= 4 is 0 Å². The maximum Gasteiger partial charge on any atom is 0.105 e. The van der Waals surface area contributed by atoms with E-state index in [0.717, 1.165) is 52.1 Å². The van der Waals surface area contributed by atoms with Crippen molar-refractivity contribution in [2.24, 2.45) is 0 Å². The van der Waals surface area contributed by atoms with Crippen LogP contribution in [-0.2, 0) is 0 Å². The molecule has 0 radical (unpaired) electrons. The van der Waals surface area contributed by atoms with E-state index in [-0.39, 0.29) is 11.1 Å². The van der Waals surface area contributed by atoms with Gasteiger partial charge in [-0.25, -0.2) is 0 Å². The summed E-state index contributed by atoms with van der Waals surface area (Å²) in [6, 6.07) is 2.44. The molecule has 1 saturated heterocycles. The summed E-state index contributed by atoms with van der Waals surface area (Å²) in [6.07, 6.45) is 1.97. The number of hydrogen-bond acceptors (Lipinski definition) is 4. The minimum absolute atomic E-state index is 0.274. The molecule has 1 aliphatic heterocycles. The van der Waals surface area contributed by atoms with E-state index in [1.54, 1.807) is 0 Å². The van der Waals surface area contributed by atoms with Crippen LogP contribution >= 0.6 is 0 Å². The predicted octanol–water partition coefficient (Wildman–Crippen LogP) is 2.07. The second-order valence-electron chi connectivity index (χ2n) is 7.12. The van der Waals surface area contributed by atoms with Crippen LogP contribution in [0.15, 0.2) is 0 Å². The van der Waals surface area contributed by atoms with Crippen LogP contribution in [0, 0.1) is 11.3 Å². The lowest BCUT2D eigenvalue weighted by atomic mass is 9.98. The van der Waals surface area contributed by atoms with E-state index in [2.05, 4.69) is 48.9 Å². The quantitative estimate of drug-likeness (QED) is 0.809. The molecule has 0 bridgehead atoms. The fourth-order valence-corrected chi connectivity index (χ4v) is 2.61. The average Bonchev–Trinajstić information content (AvgIpc) is 2.42. The molecule has 1 rings (SSSR count). The predicted molar refractivity (Wildman–Crippen MR) is 84.7 cm³/mol. The van der Waals surface area contributed by atoms with Crippen molar-refractivity contribution in [3.8, 4) is 6.07 Å². The van der Waals surface area contributed by atoms with Gasteiger partial charge in [-0.15, -0.1) is 0 Å². The Kier molecular flexibility index (Phi) is 6.44. The van der Waals surface area contributed by atoms with Gasteiger partial charge in [0.1, 0.15) is 5.54 Å². The van der Waals surface area contributed by atoms with Gasteiger partial charge in [-0.1, -0.05) is 6.92 Å². The van der Waals surface area contributed by atoms with Crippen LogP contribution < -0.4 is 5.32 Å². The van der Waals surface area contributed by atoms with Gasteiger partial charge < -0.3 is 4.90 Å². The fraction of sp³-hybridized carbons (Fsp3) is 0.938. The van der Waals surface area contributed by atoms with E-state index >= 15 is 0 Å². The van der Waals surface area contributed by atoms with Crippen LogP contribution in [0.4, 0.5) is 0 Å². The molecule has 1 fully saturated rings. The molecular formula is C16H32N4. The Morgan fingerprint density at radius 1 is 1.10 bits per heavy atom. The molecular weight excluding hydrogens is 248 g/mol. The van der Waals surface area contributed by atoms with Crippen LogP contribution in [0.25, 0.3) is 0 Å². The maximum atomic E-state index is 9.35. The van der Waals surface area contributed by atoms with Crippen molar-refractivity contribution in [1.29, 1.82) is 5.26 Å². The smallest absolute Gasteiger partial charge is 0.105 e. The lowest BCUT2D eigenvalue weighted by molar-refractivity contribution is 0.0596. The lowest BCUT2D eigenvalue weighted by Crippen LogP contribution is -2.54. The van der Waals surface area contributed by atoms with Gasteiger partial charge in [-0.05, 0) is 47.1 Å². The topological polar surface area (TPSA) is 42.3 Å². The first kappa shape index (κ1) is 17.4. The van der Waals surface area contributed by atoms with Crippen LogP contribution in [-0.4, -0.2) is 60.1 Å². The highest BCUT2D eigenvalue weighted by molar-refractivity contribution is 5.04. The Bertz CT molecular complexity index is 320. The van der Waals surface area contributed by atoms with Gasteiger partial charge in [0.25, 0.3) is 0 Å². The minimum atomic E-state index is -0.378. The van der Waals surface area contributed by atoms with E-state index in [4.69, 9.17) is 0 Å². The molecule has 0 amide bonds. The molecule has 4 nitrogen and oxygen atoms in total. The third kappa shape index (κ3) is 5.40. The van der Waals surface area contributed by atoms with E-state index in [1.165, 1.54) is 0 Å². The number of piperazine rings is 1. The van der Waals surface area contributed by atoms with Crippen molar-refractivity contribution in [3.63, 3.8) is 0 Å². The number of rotatable bonds is 6. The summed E-state index contributed by atoms with van der Waals surface area (Å²) in [4.78, 5) is 5.04. The molecule has 1 heterocycles. The van der Waals surface area contributed by atoms with Crippen LogP contribution in [0.3, 0.4) is 0 Å². The van der Waals surface area contributed by atoms with Crippen LogP contribution in [0.1, 0.15) is 47.5 Å². The maximum absolute atomic E-state index is 9.35. The first-order valence-corrected chi connectivity index (χ1v) is 7.94. The van der Waals surface area contributed by atoms with Gasteiger partial charge in [-0.3, -0.25) is 10.2 Å². The highest BCUT2D eigenvalue weighted by atomic mass is 15.3. The van der Waals surface area contributed by atoms with Crippen molar-refractivity contribution in [2.75, 3.05) is 39.3 Å². The molecule has 4 heteroatoms. The summed E-state index contributed by atoms with van der Waals surface area (Å²) >= 11 is 0. The molecule has 116 valence electrons. The summed E-state index contributed by atoms with van der Waals surface area (Å²) in [6.45, 7) is 17.4. The zero-order valence-electron chi connectivity index (χ0n) is 14.0. The second kappa shape index (κ2) is 7.40. The lowest BCUT2D eigenvalue weighted by Gasteiger charge is -2.42. The summed E-state index contributed by atoms with van der Waals surface area (Å²) in [5, 5.41) is 12.7. The fourth-order valence-electron chi connectivity index (χ4n) is 2.61. The molecule has 1 atom stereocenters. The monoisotopic (exact) mass is 280 g/mol. The number of nitriles is 1. The van der Waals surface area contributed by atoms with E-state index in [9.17, 15) is 5.26 Å². The Balaban J connectivity index is 2.35. The Hall–Kier alpha value is -0.630. The SMILES string of the molecule is CCCNC(C)(C#N)CCN1CCN(C(C)(C)C)CC1. The zero-order chi connectivity index (χ0) is 15.2. The molecule has 1 N–H and O–H groups in total. The molecule has 1 unspecified atom stereocenters. The second-order valence-corrected chi connectivity index (χ2v) is 7.12. The van der Waals surface area contributed by atoms with E-state index in [0.29, 0.717) is 0 Å². The molecule has 0 aromatic rings. The normalized spacial score (nSPS) is 21.4. The van der Waals surface area contributed by atoms with Crippen molar-refractivity contribution in [1.82, 2.24) is 15.1 Å². The van der Waals surface area contributed by atoms with Gasteiger partial charge in [-0.2, -0.15) is 5.26 Å². The highest BCUT2D eigenvalue weighted by Crippen LogP contribution is 2.17. The molecule has 0 saturated carbocycles. The number of hydrogen-bond donors (Lipinski definition) is 1. The molecule has 0 aromatic carbocycles. The average molecular weight is 280 g/mol. The summed E-state index contributed by atoms with van der Waals surface area (Å²) in [5.74, 6) is 0. The zero-order valence-corrected chi connectivity index (χ0v) is 14.0. The number of nitrogens with zero attached hydrogens (tertiary/aromatic N) is 3. The summed E-state index contributed by atoms with van der Waals surface area (Å²) in [7, 11) is 0. The highest BCUT2D eigenvalue weighted by Gasteiger charge is 2.28. The molecule has 0 aromatic heterocycles. The Morgan fingerprint density at radius 3 is 2.15 bits per heavy atom. The Morgan fingerprint density at radius 2 is 1.70 bits per heavy atom. The molecule has 0 aliphatic carbocycles. The van der Waals surface area contributed by atoms with Crippen molar-refractivity contribution in [3.05, 3.63) is 0 Å². The van der Waals surface area contributed by atoms with Gasteiger partial charge in [0.15, 0.2) is 0 Å². The van der Waals surface area contributed by atoms with Crippen LogP contribution in [0.5, 0.6) is 0 Å². The van der Waals surface area contributed by atoms with Gasteiger partial charge in [0.05, 0.1) is 6.07 Å². The van der Waals surface area contributed by atoms with Gasteiger partial charge >= 0.3 is 0 Å². The van der Waals surface area contributed by atoms with Crippen molar-refractivity contribution in [2.45, 2.75) is 58.5 Å². The first-order valence-electron chi connectivity index (χ1n) is 7.94. The van der Waals surface area contributed by atoms with Crippen molar-refractivity contribution < 1.29 is 0 Å². The minimum Gasteiger partial charge on any atom is -0.301 e. The molecule has 0 spiro atoms. The van der Waals surface area contributed by atoms with Crippen LogP contribution in [0.2, 0.25) is 0 Å². The third-order valence-corrected chi connectivity index (χ3v) is 4.26. The van der Waals surface area contributed by atoms with Gasteiger partial charge in [0.2, 0.25) is 0 Å². The summed E-state index contributed by atoms with van der Waals surface area (Å²) < 4.78 is 0.